The Morgan fingerprint density at radius 3 is 2.50 bits per heavy atom. The van der Waals surface area contributed by atoms with Gasteiger partial charge in [-0.1, -0.05) is 0 Å². The molecule has 2 aromatic heterocycles. The third-order valence-corrected chi connectivity index (χ3v) is 5.21. The minimum absolute atomic E-state index is 0.0404. The van der Waals surface area contributed by atoms with E-state index in [0.717, 1.165) is 10.8 Å². The van der Waals surface area contributed by atoms with Crippen molar-refractivity contribution >= 4 is 28.0 Å². The van der Waals surface area contributed by atoms with Gasteiger partial charge in [0.1, 0.15) is 11.6 Å². The predicted molar refractivity (Wildman–Crippen MR) is 91.6 cm³/mol. The Bertz CT molecular complexity index is 800. The number of pyridine rings is 1. The third kappa shape index (κ3) is 2.88. The molecule has 0 aromatic carbocycles. The lowest BCUT2D eigenvalue weighted by molar-refractivity contribution is -0.384. The van der Waals surface area contributed by atoms with Crippen molar-refractivity contribution in [1.82, 2.24) is 9.97 Å². The summed E-state index contributed by atoms with van der Waals surface area (Å²) in [6.07, 6.45) is 1.45. The molecule has 3 heterocycles. The van der Waals surface area contributed by atoms with Gasteiger partial charge in [0.05, 0.1) is 10.6 Å². The zero-order valence-corrected chi connectivity index (χ0v) is 14.2. The Labute approximate surface area is 143 Å². The van der Waals surface area contributed by atoms with Crippen molar-refractivity contribution in [2.45, 2.75) is 13.8 Å². The Kier molecular flexibility index (Phi) is 4.31. The highest BCUT2D eigenvalue weighted by molar-refractivity contribution is 7.15. The molecule has 3 rings (SSSR count). The summed E-state index contributed by atoms with van der Waals surface area (Å²) in [6, 6.07) is 3.25. The number of aromatic nitrogens is 2. The van der Waals surface area contributed by atoms with Gasteiger partial charge in [-0.3, -0.25) is 10.1 Å². The van der Waals surface area contributed by atoms with E-state index in [9.17, 15) is 10.1 Å². The van der Waals surface area contributed by atoms with Crippen LogP contribution in [-0.2, 0) is 0 Å². The van der Waals surface area contributed by atoms with Crippen LogP contribution in [0.4, 0.5) is 16.6 Å². The first-order chi connectivity index (χ1) is 11.5. The molecular weight excluding hydrogens is 328 g/mol. The molecule has 2 aromatic rings. The summed E-state index contributed by atoms with van der Waals surface area (Å²) < 4.78 is 0. The third-order valence-electron chi connectivity index (χ3n) is 4.07. The van der Waals surface area contributed by atoms with E-state index in [1.54, 1.807) is 11.3 Å². The highest BCUT2D eigenvalue weighted by atomic mass is 32.1. The molecule has 0 atom stereocenters. The summed E-state index contributed by atoms with van der Waals surface area (Å²) in [5.74, 6) is 0.269. The number of hydrogen-bond donors (Lipinski definition) is 0. The van der Waals surface area contributed by atoms with Gasteiger partial charge >= 0.3 is 5.69 Å². The molecule has 0 unspecified atom stereocenters. The molecule has 124 valence electrons. The van der Waals surface area contributed by atoms with Gasteiger partial charge in [-0.25, -0.2) is 9.97 Å². The van der Waals surface area contributed by atoms with Gasteiger partial charge in [-0.15, -0.1) is 11.3 Å². The van der Waals surface area contributed by atoms with Crippen molar-refractivity contribution in [3.8, 4) is 6.07 Å². The number of nitrogens with zero attached hydrogens (tertiary/aromatic N) is 6. The van der Waals surface area contributed by atoms with E-state index in [4.69, 9.17) is 5.26 Å². The smallest absolute Gasteiger partial charge is 0.329 e. The summed E-state index contributed by atoms with van der Waals surface area (Å²) in [5, 5.41) is 21.4. The molecular formula is C15H16N6O2S. The second-order valence-electron chi connectivity index (χ2n) is 5.51. The number of nitriles is 1. The van der Waals surface area contributed by atoms with Crippen LogP contribution in [0.3, 0.4) is 0 Å². The molecule has 0 saturated carbocycles. The van der Waals surface area contributed by atoms with Gasteiger partial charge in [0.2, 0.25) is 5.82 Å². The van der Waals surface area contributed by atoms with Crippen LogP contribution in [0, 0.1) is 35.3 Å². The standard InChI is InChI=1S/C15H16N6O2S/c1-10-11(2)24-15(18-10)20-7-5-19(6-8-20)14-13(21(22)23)12(9-16)3-4-17-14/h3-4H,5-8H2,1-2H3. The van der Waals surface area contributed by atoms with Gasteiger partial charge in [0, 0.05) is 37.3 Å². The van der Waals surface area contributed by atoms with Crippen LogP contribution < -0.4 is 9.80 Å². The van der Waals surface area contributed by atoms with Gasteiger partial charge in [-0.05, 0) is 19.9 Å². The van der Waals surface area contributed by atoms with Crippen LogP contribution in [0.2, 0.25) is 0 Å². The van der Waals surface area contributed by atoms with Crippen LogP contribution in [0.5, 0.6) is 0 Å². The Balaban J connectivity index is 1.80. The topological polar surface area (TPSA) is 99.2 Å². The Hall–Kier alpha value is -2.73. The lowest BCUT2D eigenvalue weighted by Gasteiger charge is -2.34. The fraction of sp³-hybridized carbons (Fsp3) is 0.400. The van der Waals surface area contributed by atoms with Crippen molar-refractivity contribution in [1.29, 1.82) is 5.26 Å². The maximum atomic E-state index is 11.3. The fourth-order valence-electron chi connectivity index (χ4n) is 2.65. The molecule has 9 heteroatoms. The predicted octanol–water partition coefficient (Wildman–Crippen LogP) is 2.26. The molecule has 1 aliphatic rings. The first-order valence-corrected chi connectivity index (χ1v) is 8.30. The average Bonchev–Trinajstić information content (AvgIpc) is 2.93. The highest BCUT2D eigenvalue weighted by Gasteiger charge is 2.28. The maximum Gasteiger partial charge on any atom is 0.329 e. The van der Waals surface area contributed by atoms with E-state index in [-0.39, 0.29) is 17.1 Å². The highest BCUT2D eigenvalue weighted by Crippen LogP contribution is 2.31. The van der Waals surface area contributed by atoms with Gasteiger partial charge in [-0.2, -0.15) is 5.26 Å². The fourth-order valence-corrected chi connectivity index (χ4v) is 3.61. The summed E-state index contributed by atoms with van der Waals surface area (Å²) >= 11 is 1.66. The molecule has 0 N–H and O–H groups in total. The zero-order chi connectivity index (χ0) is 17.3. The van der Waals surface area contributed by atoms with E-state index < -0.39 is 4.92 Å². The van der Waals surface area contributed by atoms with E-state index >= 15 is 0 Å². The summed E-state index contributed by atoms with van der Waals surface area (Å²) in [4.78, 5) is 24.8. The second-order valence-corrected chi connectivity index (χ2v) is 6.69. The number of nitro groups is 1. The van der Waals surface area contributed by atoms with Crippen LogP contribution in [-0.4, -0.2) is 41.1 Å². The molecule has 0 bridgehead atoms. The largest absolute Gasteiger partial charge is 0.347 e. The van der Waals surface area contributed by atoms with Crippen molar-refractivity contribution in [2.75, 3.05) is 36.0 Å². The minimum atomic E-state index is -0.527. The lowest BCUT2D eigenvalue weighted by Crippen LogP contribution is -2.47. The zero-order valence-electron chi connectivity index (χ0n) is 13.4. The second kappa shape index (κ2) is 6.41. The van der Waals surface area contributed by atoms with Gasteiger partial charge < -0.3 is 9.80 Å². The normalized spacial score (nSPS) is 14.5. The first-order valence-electron chi connectivity index (χ1n) is 7.48. The maximum absolute atomic E-state index is 11.3. The number of thiazole rings is 1. The van der Waals surface area contributed by atoms with Crippen molar-refractivity contribution in [3.05, 3.63) is 38.5 Å². The molecule has 0 amide bonds. The molecule has 1 aliphatic heterocycles. The lowest BCUT2D eigenvalue weighted by atomic mass is 10.2. The average molecular weight is 344 g/mol. The molecule has 0 spiro atoms. The molecule has 8 nitrogen and oxygen atoms in total. The minimum Gasteiger partial charge on any atom is -0.347 e. The number of hydrogen-bond acceptors (Lipinski definition) is 8. The van der Waals surface area contributed by atoms with Crippen LogP contribution in [0.1, 0.15) is 16.1 Å². The van der Waals surface area contributed by atoms with Crippen LogP contribution >= 0.6 is 11.3 Å². The molecule has 1 saturated heterocycles. The van der Waals surface area contributed by atoms with E-state index in [1.165, 1.54) is 17.1 Å². The van der Waals surface area contributed by atoms with E-state index in [2.05, 4.69) is 14.9 Å². The SMILES string of the molecule is Cc1nc(N2CCN(c3nccc(C#N)c3[N+](=O)[O-])CC2)sc1C. The van der Waals surface area contributed by atoms with Crippen LogP contribution in [0.15, 0.2) is 12.3 Å². The van der Waals surface area contributed by atoms with Crippen molar-refractivity contribution in [2.24, 2.45) is 0 Å². The number of piperazine rings is 1. The number of rotatable bonds is 3. The quantitative estimate of drug-likeness (QED) is 0.622. The Morgan fingerprint density at radius 2 is 1.96 bits per heavy atom. The van der Waals surface area contributed by atoms with Crippen LogP contribution in [0.25, 0.3) is 0 Å². The first kappa shape index (κ1) is 16.1. The van der Waals surface area contributed by atoms with Gasteiger partial charge in [0.25, 0.3) is 0 Å². The molecule has 24 heavy (non-hydrogen) atoms. The molecule has 0 aliphatic carbocycles. The molecule has 1 fully saturated rings. The summed E-state index contributed by atoms with van der Waals surface area (Å²) in [7, 11) is 0. The monoisotopic (exact) mass is 344 g/mol. The summed E-state index contributed by atoms with van der Waals surface area (Å²) in [6.45, 7) is 6.66. The van der Waals surface area contributed by atoms with E-state index in [0.29, 0.717) is 26.2 Å². The van der Waals surface area contributed by atoms with Crippen molar-refractivity contribution < 1.29 is 4.92 Å². The summed E-state index contributed by atoms with van der Waals surface area (Å²) in [5.41, 5.74) is 0.865. The number of anilines is 2. The van der Waals surface area contributed by atoms with Crippen molar-refractivity contribution in [3.63, 3.8) is 0 Å². The van der Waals surface area contributed by atoms with E-state index in [1.807, 2.05) is 24.8 Å². The number of aryl methyl sites for hydroxylation is 2. The van der Waals surface area contributed by atoms with Gasteiger partial charge in [0.15, 0.2) is 5.13 Å². The Morgan fingerprint density at radius 1 is 1.29 bits per heavy atom. The molecule has 0 radical (unpaired) electrons.